The number of sulfone groups is 1. The van der Waals surface area contributed by atoms with Gasteiger partial charge in [-0.1, -0.05) is 0 Å². The van der Waals surface area contributed by atoms with Crippen LogP contribution in [-0.4, -0.2) is 53.6 Å². The summed E-state index contributed by atoms with van der Waals surface area (Å²) in [5.74, 6) is -0.305. The average molecular weight is 299 g/mol. The number of likely N-dealkylation sites (tertiary alicyclic amines) is 1. The third-order valence-electron chi connectivity index (χ3n) is 3.80. The van der Waals surface area contributed by atoms with Crippen molar-refractivity contribution in [1.82, 2.24) is 14.7 Å². The molecule has 1 aliphatic rings. The molecule has 0 aromatic carbocycles. The fourth-order valence-electron chi connectivity index (χ4n) is 2.44. The number of piperidine rings is 1. The summed E-state index contributed by atoms with van der Waals surface area (Å²) in [5, 5.41) is 3.32. The fraction of sp³-hybridized carbons (Fsp3) is 0.692. The van der Waals surface area contributed by atoms with E-state index in [1.165, 1.54) is 6.92 Å². The van der Waals surface area contributed by atoms with E-state index in [0.717, 1.165) is 24.7 Å². The van der Waals surface area contributed by atoms with Crippen molar-refractivity contribution >= 4 is 15.7 Å². The average Bonchev–Trinajstić information content (AvgIpc) is 2.83. The molecular weight excluding hydrogens is 278 g/mol. The van der Waals surface area contributed by atoms with Crippen molar-refractivity contribution in [3.05, 3.63) is 18.0 Å². The zero-order valence-electron chi connectivity index (χ0n) is 12.1. The lowest BCUT2D eigenvalue weighted by Gasteiger charge is -2.34. The van der Waals surface area contributed by atoms with Gasteiger partial charge in [0.05, 0.1) is 12.2 Å². The summed E-state index contributed by atoms with van der Waals surface area (Å²) in [6.45, 7) is 4.58. The van der Waals surface area contributed by atoms with E-state index in [2.05, 4.69) is 5.10 Å². The van der Waals surface area contributed by atoms with Crippen molar-refractivity contribution in [2.75, 3.05) is 19.3 Å². The van der Waals surface area contributed by atoms with Crippen LogP contribution >= 0.6 is 0 Å². The van der Waals surface area contributed by atoms with Crippen molar-refractivity contribution in [3.63, 3.8) is 0 Å². The third-order valence-corrected chi connectivity index (χ3v) is 5.29. The van der Waals surface area contributed by atoms with Crippen LogP contribution in [0.2, 0.25) is 0 Å². The molecular formula is C13H21N3O3S. The van der Waals surface area contributed by atoms with Crippen LogP contribution in [0.25, 0.3) is 0 Å². The highest BCUT2D eigenvalue weighted by atomic mass is 32.2. The van der Waals surface area contributed by atoms with Gasteiger partial charge in [0.25, 0.3) is 0 Å². The number of amides is 1. The Balaban J connectivity index is 2.09. The number of rotatable bonds is 3. The summed E-state index contributed by atoms with van der Waals surface area (Å²) >= 11 is 0. The molecule has 2 atom stereocenters. The Morgan fingerprint density at radius 1 is 1.50 bits per heavy atom. The van der Waals surface area contributed by atoms with E-state index in [4.69, 9.17) is 0 Å². The van der Waals surface area contributed by atoms with Crippen LogP contribution < -0.4 is 0 Å². The molecule has 0 N–H and O–H groups in total. The summed E-state index contributed by atoms with van der Waals surface area (Å²) in [6, 6.07) is 0.133. The van der Waals surface area contributed by atoms with E-state index < -0.39 is 15.1 Å². The number of aromatic nitrogens is 2. The lowest BCUT2D eigenvalue weighted by atomic mass is 10.1. The van der Waals surface area contributed by atoms with E-state index in [0.29, 0.717) is 13.1 Å². The Bertz CT molecular complexity index is 594. The normalized spacial score (nSPS) is 21.8. The molecule has 0 aliphatic carbocycles. The highest BCUT2D eigenvalue weighted by molar-refractivity contribution is 7.92. The Labute approximate surface area is 119 Å². The molecule has 112 valence electrons. The minimum atomic E-state index is -3.34. The lowest BCUT2D eigenvalue weighted by molar-refractivity contribution is -0.132. The molecule has 0 radical (unpaired) electrons. The molecule has 0 saturated carbocycles. The van der Waals surface area contributed by atoms with Crippen LogP contribution in [0.15, 0.2) is 12.4 Å². The van der Waals surface area contributed by atoms with Crippen molar-refractivity contribution in [1.29, 1.82) is 0 Å². The van der Waals surface area contributed by atoms with E-state index in [-0.39, 0.29) is 11.9 Å². The maximum Gasteiger partial charge on any atom is 0.240 e. The van der Waals surface area contributed by atoms with Crippen LogP contribution in [0, 0.1) is 6.92 Å². The molecule has 1 aliphatic heterocycles. The maximum absolute atomic E-state index is 12.2. The van der Waals surface area contributed by atoms with Crippen LogP contribution in [0.5, 0.6) is 0 Å². The second kappa shape index (κ2) is 5.55. The van der Waals surface area contributed by atoms with Gasteiger partial charge >= 0.3 is 0 Å². The summed E-state index contributed by atoms with van der Waals surface area (Å²) in [4.78, 5) is 13.9. The molecule has 6 nitrogen and oxygen atoms in total. The van der Waals surface area contributed by atoms with E-state index in [9.17, 15) is 13.2 Å². The van der Waals surface area contributed by atoms with Gasteiger partial charge in [-0.15, -0.1) is 0 Å². The van der Waals surface area contributed by atoms with Crippen LogP contribution in [0.3, 0.4) is 0 Å². The zero-order chi connectivity index (χ0) is 14.9. The molecule has 7 heteroatoms. The smallest absolute Gasteiger partial charge is 0.240 e. The molecule has 0 bridgehead atoms. The van der Waals surface area contributed by atoms with Crippen molar-refractivity contribution in [3.8, 4) is 0 Å². The molecule has 1 aromatic heterocycles. The number of carbonyl (C=O) groups is 1. The van der Waals surface area contributed by atoms with E-state index in [1.54, 1.807) is 11.1 Å². The van der Waals surface area contributed by atoms with Gasteiger partial charge in [-0.25, -0.2) is 8.42 Å². The quantitative estimate of drug-likeness (QED) is 0.827. The first-order valence-electron chi connectivity index (χ1n) is 6.77. The van der Waals surface area contributed by atoms with Crippen LogP contribution in [-0.2, 0) is 14.6 Å². The van der Waals surface area contributed by atoms with Gasteiger partial charge < -0.3 is 4.90 Å². The second-order valence-electron chi connectivity index (χ2n) is 5.55. The Morgan fingerprint density at radius 2 is 2.20 bits per heavy atom. The molecule has 0 spiro atoms. The first-order chi connectivity index (χ1) is 9.29. The topological polar surface area (TPSA) is 72.3 Å². The molecule has 1 amide bonds. The summed E-state index contributed by atoms with van der Waals surface area (Å²) in [6.07, 6.45) is 6.68. The standard InChI is InChI=1S/C13H21N3O3S/c1-10-7-14-16(8-10)12-5-4-6-15(9-12)13(17)11(2)20(3,18)19/h7-8,11-12H,4-6,9H2,1-3H3/t11-,12+/m1/s1. The first kappa shape index (κ1) is 15.0. The highest BCUT2D eigenvalue weighted by Gasteiger charge is 2.32. The molecule has 1 fully saturated rings. The van der Waals surface area contributed by atoms with Crippen molar-refractivity contribution in [2.24, 2.45) is 0 Å². The molecule has 0 unspecified atom stereocenters. The number of aryl methyl sites for hydroxylation is 1. The van der Waals surface area contributed by atoms with Crippen LogP contribution in [0.1, 0.15) is 31.4 Å². The largest absolute Gasteiger partial charge is 0.339 e. The van der Waals surface area contributed by atoms with Gasteiger partial charge in [-0.3, -0.25) is 9.48 Å². The highest BCUT2D eigenvalue weighted by Crippen LogP contribution is 2.22. The molecule has 2 heterocycles. The first-order valence-corrected chi connectivity index (χ1v) is 8.73. The molecule has 20 heavy (non-hydrogen) atoms. The zero-order valence-corrected chi connectivity index (χ0v) is 12.9. The SMILES string of the molecule is Cc1cnn([C@H]2CCCN(C(=O)[C@@H](C)S(C)(=O)=O)C2)c1. The summed E-state index contributed by atoms with van der Waals surface area (Å²) < 4.78 is 24.9. The van der Waals surface area contributed by atoms with Gasteiger partial charge in [0.1, 0.15) is 5.25 Å². The number of hydrogen-bond donors (Lipinski definition) is 0. The van der Waals surface area contributed by atoms with Gasteiger partial charge in [-0.05, 0) is 32.3 Å². The second-order valence-corrected chi connectivity index (χ2v) is 7.92. The Kier molecular flexibility index (Phi) is 4.17. The number of carbonyl (C=O) groups excluding carboxylic acids is 1. The number of hydrogen-bond acceptors (Lipinski definition) is 4. The van der Waals surface area contributed by atoms with Crippen molar-refractivity contribution < 1.29 is 13.2 Å². The molecule has 2 rings (SSSR count). The van der Waals surface area contributed by atoms with Gasteiger partial charge in [0, 0.05) is 25.5 Å². The summed E-state index contributed by atoms with van der Waals surface area (Å²) in [7, 11) is -3.34. The van der Waals surface area contributed by atoms with Gasteiger partial charge in [0.2, 0.25) is 5.91 Å². The number of nitrogens with zero attached hydrogens (tertiary/aromatic N) is 3. The molecule has 1 aromatic rings. The minimum Gasteiger partial charge on any atom is -0.339 e. The lowest BCUT2D eigenvalue weighted by Crippen LogP contribution is -2.46. The van der Waals surface area contributed by atoms with Gasteiger partial charge in [0.15, 0.2) is 9.84 Å². The van der Waals surface area contributed by atoms with E-state index in [1.807, 2.05) is 17.8 Å². The fourth-order valence-corrected chi connectivity index (χ4v) is 2.96. The monoisotopic (exact) mass is 299 g/mol. The van der Waals surface area contributed by atoms with Crippen LogP contribution in [0.4, 0.5) is 0 Å². The third kappa shape index (κ3) is 3.20. The Morgan fingerprint density at radius 3 is 2.75 bits per heavy atom. The van der Waals surface area contributed by atoms with Crippen molar-refractivity contribution in [2.45, 2.75) is 38.0 Å². The van der Waals surface area contributed by atoms with E-state index >= 15 is 0 Å². The predicted molar refractivity (Wildman–Crippen MR) is 76.1 cm³/mol. The Hall–Kier alpha value is -1.37. The van der Waals surface area contributed by atoms with Gasteiger partial charge in [-0.2, -0.15) is 5.10 Å². The maximum atomic E-state index is 12.2. The molecule has 1 saturated heterocycles. The summed E-state index contributed by atoms with van der Waals surface area (Å²) in [5.41, 5.74) is 1.08. The minimum absolute atomic E-state index is 0.133. The predicted octanol–water partition coefficient (Wildman–Crippen LogP) is 0.788.